The van der Waals surface area contributed by atoms with Crippen LogP contribution >= 0.6 is 15.9 Å². The van der Waals surface area contributed by atoms with Gasteiger partial charge in [0.25, 0.3) is 0 Å². The normalized spacial score (nSPS) is 12.9. The number of halogens is 1. The molecule has 1 aliphatic rings. The van der Waals surface area contributed by atoms with Crippen LogP contribution in [0.2, 0.25) is 0 Å². The maximum atomic E-state index is 3.93. The Kier molecular flexibility index (Phi) is 5.91. The summed E-state index contributed by atoms with van der Waals surface area (Å²) < 4.78 is 1.11. The topological polar surface area (TPSA) is 3.24 Å². The molecule has 0 unspecified atom stereocenters. The molecule has 0 N–H and O–H groups in total. The fraction of sp³-hybridized carbons (Fsp3) is 0.0270. The van der Waals surface area contributed by atoms with E-state index in [-0.39, 0.29) is 0 Å². The summed E-state index contributed by atoms with van der Waals surface area (Å²) in [5.41, 5.74) is 10.7. The molecule has 0 amide bonds. The molecule has 6 aromatic rings. The predicted octanol–water partition coefficient (Wildman–Crippen LogP) is 10.3. The molecule has 2 heteroatoms. The predicted molar refractivity (Wildman–Crippen MR) is 166 cm³/mol. The highest BCUT2D eigenvalue weighted by Gasteiger charge is 2.46. The fourth-order valence-electron chi connectivity index (χ4n) is 6.22. The molecular weight excluding hydrogens is 538 g/mol. The lowest BCUT2D eigenvalue weighted by Crippen LogP contribution is -2.29. The zero-order chi connectivity index (χ0) is 26.2. The number of rotatable bonds is 5. The summed E-state index contributed by atoms with van der Waals surface area (Å²) >= 11 is 3.93. The Hall–Kier alpha value is -4.40. The quantitative estimate of drug-likeness (QED) is 0.201. The molecule has 39 heavy (non-hydrogen) atoms. The van der Waals surface area contributed by atoms with Crippen LogP contribution in [0.4, 0.5) is 17.1 Å². The van der Waals surface area contributed by atoms with E-state index >= 15 is 0 Å². The zero-order valence-electron chi connectivity index (χ0n) is 21.3. The largest absolute Gasteiger partial charge is 0.311 e. The van der Waals surface area contributed by atoms with E-state index in [1.807, 2.05) is 0 Å². The Bertz CT molecular complexity index is 1670. The van der Waals surface area contributed by atoms with Crippen LogP contribution in [-0.4, -0.2) is 0 Å². The van der Waals surface area contributed by atoms with Crippen molar-refractivity contribution in [2.45, 2.75) is 5.41 Å². The average molecular weight is 565 g/mol. The summed E-state index contributed by atoms with van der Waals surface area (Å²) in [6, 6.07) is 56.6. The van der Waals surface area contributed by atoms with Gasteiger partial charge in [-0.2, -0.15) is 0 Å². The Labute approximate surface area is 238 Å². The van der Waals surface area contributed by atoms with Gasteiger partial charge in [0.1, 0.15) is 0 Å². The summed E-state index contributed by atoms with van der Waals surface area (Å²) in [6.45, 7) is 0. The van der Waals surface area contributed by atoms with Gasteiger partial charge < -0.3 is 4.90 Å². The molecule has 6 aromatic carbocycles. The first-order valence-corrected chi connectivity index (χ1v) is 14.0. The van der Waals surface area contributed by atoms with Gasteiger partial charge in [-0.1, -0.05) is 131 Å². The summed E-state index contributed by atoms with van der Waals surface area (Å²) in [7, 11) is 0. The molecule has 186 valence electrons. The Morgan fingerprint density at radius 3 is 1.31 bits per heavy atom. The van der Waals surface area contributed by atoms with Crippen molar-refractivity contribution in [1.29, 1.82) is 0 Å². The van der Waals surface area contributed by atoms with E-state index < -0.39 is 5.41 Å². The number of hydrogen-bond acceptors (Lipinski definition) is 1. The van der Waals surface area contributed by atoms with Gasteiger partial charge in [0, 0.05) is 21.5 Å². The van der Waals surface area contributed by atoms with Gasteiger partial charge in [0.2, 0.25) is 0 Å². The van der Waals surface area contributed by atoms with Gasteiger partial charge in [-0.25, -0.2) is 0 Å². The summed E-state index contributed by atoms with van der Waals surface area (Å²) in [6.07, 6.45) is 0. The van der Waals surface area contributed by atoms with Crippen LogP contribution in [-0.2, 0) is 5.41 Å². The number of nitrogens with zero attached hydrogens (tertiary/aromatic N) is 1. The SMILES string of the molecule is Brc1ccccc1C1(c2ccc(N(c3ccccc3)c3ccccc3)cc2)c2ccccc2-c2ccccc21. The van der Waals surface area contributed by atoms with E-state index in [1.54, 1.807) is 0 Å². The van der Waals surface area contributed by atoms with E-state index in [0.717, 1.165) is 21.5 Å². The number of anilines is 3. The number of benzene rings is 6. The van der Waals surface area contributed by atoms with Crippen LogP contribution in [0.15, 0.2) is 162 Å². The van der Waals surface area contributed by atoms with Crippen LogP contribution < -0.4 is 4.90 Å². The highest BCUT2D eigenvalue weighted by molar-refractivity contribution is 9.10. The van der Waals surface area contributed by atoms with Gasteiger partial charge in [0.05, 0.1) is 5.41 Å². The minimum absolute atomic E-state index is 0.434. The summed E-state index contributed by atoms with van der Waals surface area (Å²) in [5, 5.41) is 0. The number of para-hydroxylation sites is 2. The molecule has 0 saturated heterocycles. The molecule has 0 heterocycles. The lowest BCUT2D eigenvalue weighted by molar-refractivity contribution is 0.764. The van der Waals surface area contributed by atoms with E-state index in [2.05, 4.69) is 179 Å². The van der Waals surface area contributed by atoms with Crippen molar-refractivity contribution in [3.63, 3.8) is 0 Å². The first-order valence-electron chi connectivity index (χ1n) is 13.2. The molecule has 0 radical (unpaired) electrons. The number of fused-ring (bicyclic) bond motifs is 3. The first-order chi connectivity index (χ1) is 19.3. The highest BCUT2D eigenvalue weighted by Crippen LogP contribution is 2.57. The van der Waals surface area contributed by atoms with Gasteiger partial charge in [0.15, 0.2) is 0 Å². The summed E-state index contributed by atoms with van der Waals surface area (Å²) in [4.78, 5) is 2.31. The van der Waals surface area contributed by atoms with Crippen molar-refractivity contribution >= 4 is 33.0 Å². The second-order valence-corrected chi connectivity index (χ2v) is 10.7. The van der Waals surface area contributed by atoms with Crippen molar-refractivity contribution in [2.24, 2.45) is 0 Å². The van der Waals surface area contributed by atoms with E-state index in [9.17, 15) is 0 Å². The third-order valence-corrected chi connectivity index (χ3v) is 8.51. The number of hydrogen-bond donors (Lipinski definition) is 0. The van der Waals surface area contributed by atoms with Gasteiger partial charge in [-0.3, -0.25) is 0 Å². The molecule has 0 fully saturated rings. The van der Waals surface area contributed by atoms with Crippen molar-refractivity contribution in [1.82, 2.24) is 0 Å². The smallest absolute Gasteiger partial charge is 0.0724 e. The third kappa shape index (κ3) is 3.75. The van der Waals surface area contributed by atoms with Crippen LogP contribution in [0.1, 0.15) is 22.3 Å². The van der Waals surface area contributed by atoms with Gasteiger partial charge >= 0.3 is 0 Å². The molecular formula is C37H26BrN. The van der Waals surface area contributed by atoms with Crippen LogP contribution in [0, 0.1) is 0 Å². The molecule has 1 aliphatic carbocycles. The monoisotopic (exact) mass is 563 g/mol. The van der Waals surface area contributed by atoms with Gasteiger partial charge in [-0.05, 0) is 75.8 Å². The zero-order valence-corrected chi connectivity index (χ0v) is 22.9. The van der Waals surface area contributed by atoms with Crippen LogP contribution in [0.25, 0.3) is 11.1 Å². The Balaban J connectivity index is 1.47. The molecule has 0 atom stereocenters. The van der Waals surface area contributed by atoms with Crippen molar-refractivity contribution in [3.8, 4) is 11.1 Å². The Morgan fingerprint density at radius 2 is 0.795 bits per heavy atom. The maximum absolute atomic E-state index is 3.93. The molecule has 0 bridgehead atoms. The maximum Gasteiger partial charge on any atom is 0.0724 e. The molecule has 0 spiro atoms. The standard InChI is InChI=1S/C37H26BrN/c38-36-22-12-11-21-35(36)37(33-19-9-7-17-31(33)32-18-8-10-20-34(32)37)27-23-25-30(26-24-27)39(28-13-3-1-4-14-28)29-15-5-2-6-16-29/h1-26H. The van der Waals surface area contributed by atoms with E-state index in [0.29, 0.717) is 0 Å². The Morgan fingerprint density at radius 1 is 0.385 bits per heavy atom. The summed E-state index contributed by atoms with van der Waals surface area (Å²) in [5.74, 6) is 0. The second-order valence-electron chi connectivity index (χ2n) is 9.87. The molecule has 7 rings (SSSR count). The molecule has 0 aliphatic heterocycles. The lowest BCUT2D eigenvalue weighted by Gasteiger charge is -2.35. The molecule has 1 nitrogen and oxygen atoms in total. The van der Waals surface area contributed by atoms with Gasteiger partial charge in [-0.15, -0.1) is 0 Å². The average Bonchev–Trinajstić information content (AvgIpc) is 3.30. The van der Waals surface area contributed by atoms with Crippen LogP contribution in [0.3, 0.4) is 0 Å². The van der Waals surface area contributed by atoms with Crippen molar-refractivity contribution < 1.29 is 0 Å². The van der Waals surface area contributed by atoms with Crippen molar-refractivity contribution in [3.05, 3.63) is 184 Å². The fourth-order valence-corrected chi connectivity index (χ4v) is 6.80. The van der Waals surface area contributed by atoms with E-state index in [1.165, 1.54) is 33.4 Å². The molecule has 0 aromatic heterocycles. The molecule has 0 saturated carbocycles. The third-order valence-electron chi connectivity index (χ3n) is 7.82. The minimum Gasteiger partial charge on any atom is -0.311 e. The lowest BCUT2D eigenvalue weighted by atomic mass is 9.67. The van der Waals surface area contributed by atoms with Crippen LogP contribution in [0.5, 0.6) is 0 Å². The second kappa shape index (κ2) is 9.72. The van der Waals surface area contributed by atoms with E-state index in [4.69, 9.17) is 0 Å². The van der Waals surface area contributed by atoms with Crippen molar-refractivity contribution in [2.75, 3.05) is 4.90 Å². The first kappa shape index (κ1) is 23.7. The minimum atomic E-state index is -0.434. The highest BCUT2D eigenvalue weighted by atomic mass is 79.9.